The van der Waals surface area contributed by atoms with Gasteiger partial charge in [0.05, 0.1) is 29.3 Å². The lowest BCUT2D eigenvalue weighted by Crippen LogP contribution is -2.20. The maximum Gasteiger partial charge on any atom is 0.251 e. The Morgan fingerprint density at radius 3 is 2.58 bits per heavy atom. The van der Waals surface area contributed by atoms with Gasteiger partial charge in [0.1, 0.15) is 10.8 Å². The van der Waals surface area contributed by atoms with Gasteiger partial charge in [-0.25, -0.2) is 0 Å². The van der Waals surface area contributed by atoms with E-state index in [2.05, 4.69) is 5.32 Å². The summed E-state index contributed by atoms with van der Waals surface area (Å²) in [5, 5.41) is 3.35. The van der Waals surface area contributed by atoms with Gasteiger partial charge < -0.3 is 15.8 Å². The van der Waals surface area contributed by atoms with Crippen molar-refractivity contribution in [2.75, 3.05) is 11.9 Å². The van der Waals surface area contributed by atoms with E-state index in [-0.39, 0.29) is 18.9 Å². The number of amides is 2. The molecule has 2 aromatic carbocycles. The fourth-order valence-corrected chi connectivity index (χ4v) is 2.51. The first-order valence-corrected chi connectivity index (χ1v) is 7.92. The number of aryl methyl sites for hydroxylation is 1. The first-order chi connectivity index (χ1) is 11.4. The number of ether oxygens (including phenoxy) is 1. The van der Waals surface area contributed by atoms with Gasteiger partial charge in [0.15, 0.2) is 0 Å². The Bertz CT molecular complexity index is 778. The quantitative estimate of drug-likeness (QED) is 0.815. The molecule has 24 heavy (non-hydrogen) atoms. The number of hydrogen-bond acceptors (Lipinski definition) is 3. The molecule has 2 aromatic rings. The summed E-state index contributed by atoms with van der Waals surface area (Å²) in [4.78, 5) is 23.5. The van der Waals surface area contributed by atoms with Gasteiger partial charge in [0.2, 0.25) is 5.91 Å². The van der Waals surface area contributed by atoms with Crippen LogP contribution in [0.15, 0.2) is 36.4 Å². The third-order valence-corrected chi connectivity index (χ3v) is 4.10. The fourth-order valence-electron chi connectivity index (χ4n) is 2.16. The van der Waals surface area contributed by atoms with Crippen LogP contribution in [0.5, 0.6) is 5.75 Å². The van der Waals surface area contributed by atoms with Crippen molar-refractivity contribution in [1.29, 1.82) is 0 Å². The summed E-state index contributed by atoms with van der Waals surface area (Å²) in [7, 11) is 0. The summed E-state index contributed by atoms with van der Waals surface area (Å²) in [5.41, 5.74) is 6.73. The number of nitrogens with two attached hydrogens (primary N) is 1. The predicted octanol–water partition coefficient (Wildman–Crippen LogP) is 3.81. The summed E-state index contributed by atoms with van der Waals surface area (Å²) in [5.74, 6) is -0.489. The van der Waals surface area contributed by atoms with E-state index >= 15 is 0 Å². The Balaban J connectivity index is 1.96. The molecule has 2 amide bonds. The number of anilines is 1. The summed E-state index contributed by atoms with van der Waals surface area (Å²) in [6.45, 7) is 1.86. The normalized spacial score (nSPS) is 10.3. The predicted molar refractivity (Wildman–Crippen MR) is 94.9 cm³/mol. The highest BCUT2D eigenvalue weighted by atomic mass is 35.5. The van der Waals surface area contributed by atoms with E-state index in [1.807, 2.05) is 0 Å². The molecule has 0 aliphatic heterocycles. The number of halogens is 2. The molecule has 0 heterocycles. The van der Waals surface area contributed by atoms with Crippen LogP contribution in [0.4, 0.5) is 5.69 Å². The highest BCUT2D eigenvalue weighted by molar-refractivity contribution is 6.42. The minimum atomic E-state index is -0.592. The van der Waals surface area contributed by atoms with Crippen LogP contribution in [0.2, 0.25) is 10.0 Å². The molecule has 126 valence electrons. The summed E-state index contributed by atoms with van der Waals surface area (Å²) >= 11 is 11.9. The number of nitrogens with one attached hydrogen (secondary N) is 1. The van der Waals surface area contributed by atoms with Crippen molar-refractivity contribution in [3.8, 4) is 5.75 Å². The monoisotopic (exact) mass is 366 g/mol. The SMILES string of the molecule is Cc1cccc(NC(=O)CCOc2cccc(Cl)c2Cl)c1C(N)=O. The largest absolute Gasteiger partial charge is 0.491 e. The average Bonchev–Trinajstić information content (AvgIpc) is 2.51. The number of carbonyl (C=O) groups is 2. The first-order valence-electron chi connectivity index (χ1n) is 7.16. The zero-order valence-corrected chi connectivity index (χ0v) is 14.4. The highest BCUT2D eigenvalue weighted by Crippen LogP contribution is 2.31. The Kier molecular flexibility index (Phi) is 6.06. The smallest absolute Gasteiger partial charge is 0.251 e. The lowest BCUT2D eigenvalue weighted by molar-refractivity contribution is -0.116. The minimum absolute atomic E-state index is 0.0784. The van der Waals surface area contributed by atoms with Gasteiger partial charge in [-0.3, -0.25) is 9.59 Å². The third-order valence-electron chi connectivity index (χ3n) is 3.30. The minimum Gasteiger partial charge on any atom is -0.491 e. The van der Waals surface area contributed by atoms with Crippen LogP contribution < -0.4 is 15.8 Å². The van der Waals surface area contributed by atoms with E-state index in [0.29, 0.717) is 32.6 Å². The average molecular weight is 367 g/mol. The molecule has 0 aliphatic carbocycles. The molecule has 5 nitrogen and oxygen atoms in total. The molecule has 0 unspecified atom stereocenters. The van der Waals surface area contributed by atoms with Gasteiger partial charge in [0.25, 0.3) is 5.91 Å². The standard InChI is InChI=1S/C17H16Cl2N2O3/c1-10-4-2-6-12(15(10)17(20)23)21-14(22)8-9-24-13-7-3-5-11(18)16(13)19/h2-7H,8-9H2,1H3,(H2,20,23)(H,21,22). The van der Waals surface area contributed by atoms with Gasteiger partial charge >= 0.3 is 0 Å². The fraction of sp³-hybridized carbons (Fsp3) is 0.176. The molecule has 0 radical (unpaired) electrons. The molecular weight excluding hydrogens is 351 g/mol. The van der Waals surface area contributed by atoms with Crippen LogP contribution in [0, 0.1) is 6.92 Å². The molecule has 0 fully saturated rings. The maximum absolute atomic E-state index is 12.0. The van der Waals surface area contributed by atoms with Crippen molar-refractivity contribution in [3.63, 3.8) is 0 Å². The zero-order valence-electron chi connectivity index (χ0n) is 12.9. The van der Waals surface area contributed by atoms with E-state index in [4.69, 9.17) is 33.7 Å². The molecule has 7 heteroatoms. The second-order valence-corrected chi connectivity index (χ2v) is 5.85. The molecule has 0 spiro atoms. The van der Waals surface area contributed by atoms with Crippen molar-refractivity contribution >= 4 is 40.7 Å². The molecule has 0 aliphatic rings. The Morgan fingerprint density at radius 2 is 1.88 bits per heavy atom. The number of rotatable bonds is 6. The zero-order chi connectivity index (χ0) is 17.7. The van der Waals surface area contributed by atoms with Crippen LogP contribution in [-0.4, -0.2) is 18.4 Å². The van der Waals surface area contributed by atoms with Crippen LogP contribution in [0.1, 0.15) is 22.3 Å². The van der Waals surface area contributed by atoms with Gasteiger partial charge in [-0.15, -0.1) is 0 Å². The van der Waals surface area contributed by atoms with Crippen LogP contribution in [0.3, 0.4) is 0 Å². The molecule has 0 saturated carbocycles. The third kappa shape index (κ3) is 4.40. The second kappa shape index (κ2) is 8.04. The van der Waals surface area contributed by atoms with Crippen molar-refractivity contribution < 1.29 is 14.3 Å². The van der Waals surface area contributed by atoms with Gasteiger partial charge in [-0.2, -0.15) is 0 Å². The molecular formula is C17H16Cl2N2O3. The van der Waals surface area contributed by atoms with Crippen molar-refractivity contribution in [2.24, 2.45) is 5.73 Å². The first kappa shape index (κ1) is 18.1. The van der Waals surface area contributed by atoms with E-state index in [0.717, 1.165) is 0 Å². The topological polar surface area (TPSA) is 81.4 Å². The lowest BCUT2D eigenvalue weighted by atomic mass is 10.1. The summed E-state index contributed by atoms with van der Waals surface area (Å²) in [6, 6.07) is 10.1. The molecule has 0 atom stereocenters. The van der Waals surface area contributed by atoms with E-state index < -0.39 is 5.91 Å². The van der Waals surface area contributed by atoms with Crippen molar-refractivity contribution in [2.45, 2.75) is 13.3 Å². The number of primary amides is 1. The Labute approximate surface area is 149 Å². The van der Waals surface area contributed by atoms with E-state index in [1.54, 1.807) is 43.3 Å². The van der Waals surface area contributed by atoms with Crippen molar-refractivity contribution in [3.05, 3.63) is 57.6 Å². The number of hydrogen-bond donors (Lipinski definition) is 2. The molecule has 3 N–H and O–H groups in total. The van der Waals surface area contributed by atoms with E-state index in [9.17, 15) is 9.59 Å². The van der Waals surface area contributed by atoms with E-state index in [1.165, 1.54) is 0 Å². The van der Waals surface area contributed by atoms with Crippen molar-refractivity contribution in [1.82, 2.24) is 0 Å². The lowest BCUT2D eigenvalue weighted by Gasteiger charge is -2.12. The van der Waals surface area contributed by atoms with Gasteiger partial charge in [0, 0.05) is 0 Å². The molecule has 0 saturated heterocycles. The Morgan fingerprint density at radius 1 is 1.17 bits per heavy atom. The number of carbonyl (C=O) groups excluding carboxylic acids is 2. The Hall–Kier alpha value is -2.24. The maximum atomic E-state index is 12.0. The van der Waals surface area contributed by atoms with Crippen LogP contribution in [0.25, 0.3) is 0 Å². The number of benzene rings is 2. The molecule has 2 rings (SSSR count). The van der Waals surface area contributed by atoms with Crippen LogP contribution in [-0.2, 0) is 4.79 Å². The summed E-state index contributed by atoms with van der Waals surface area (Å²) in [6.07, 6.45) is 0.0784. The van der Waals surface area contributed by atoms with Gasteiger partial charge in [-0.1, -0.05) is 41.4 Å². The summed E-state index contributed by atoms with van der Waals surface area (Å²) < 4.78 is 5.46. The van der Waals surface area contributed by atoms with Gasteiger partial charge in [-0.05, 0) is 30.7 Å². The molecule has 0 aromatic heterocycles. The highest BCUT2D eigenvalue weighted by Gasteiger charge is 2.13. The van der Waals surface area contributed by atoms with Crippen LogP contribution >= 0.6 is 23.2 Å². The second-order valence-electron chi connectivity index (χ2n) is 5.06. The molecule has 0 bridgehead atoms.